The van der Waals surface area contributed by atoms with Gasteiger partial charge in [-0.2, -0.15) is 0 Å². The molecule has 0 spiro atoms. The van der Waals surface area contributed by atoms with Gasteiger partial charge in [0.25, 0.3) is 0 Å². The molecular weight excluding hydrogens is 297 g/mol. The van der Waals surface area contributed by atoms with E-state index in [2.05, 4.69) is 35.1 Å². The van der Waals surface area contributed by atoms with Gasteiger partial charge in [0.1, 0.15) is 6.10 Å². The molecule has 2 nitrogen and oxygen atoms in total. The Hall–Kier alpha value is -0.610. The molecule has 18 heavy (non-hydrogen) atoms. The molecule has 0 heterocycles. The molecule has 0 aliphatic heterocycles. The fraction of sp³-hybridized carbons (Fsp3) is 0.571. The Labute approximate surface area is 117 Å². The maximum Gasteiger partial charge on any atom is 0.166 e. The monoisotopic (exact) mass is 317 g/mol. The molecule has 0 bridgehead atoms. The first kappa shape index (κ1) is 15.4. The highest BCUT2D eigenvalue weighted by Gasteiger charge is 2.10. The van der Waals surface area contributed by atoms with E-state index in [1.54, 1.807) is 12.1 Å². The third-order valence-corrected chi connectivity index (χ3v) is 3.39. The maximum absolute atomic E-state index is 13.6. The van der Waals surface area contributed by atoms with Gasteiger partial charge in [-0.25, -0.2) is 4.39 Å². The smallest absolute Gasteiger partial charge is 0.166 e. The first-order chi connectivity index (χ1) is 8.56. The standard InChI is InChI=1S/C14H21BrFNO/c1-4-12(5-2)17-9-10(3)18-14-7-6-11(15)8-13(14)16/h6-8,10,12,17H,4-5,9H2,1-3H3. The molecule has 1 aromatic carbocycles. The van der Waals surface area contributed by atoms with E-state index in [1.165, 1.54) is 6.07 Å². The Bertz CT molecular complexity index is 369. The van der Waals surface area contributed by atoms with E-state index in [0.29, 0.717) is 11.8 Å². The highest BCUT2D eigenvalue weighted by atomic mass is 79.9. The van der Waals surface area contributed by atoms with E-state index in [4.69, 9.17) is 4.74 Å². The lowest BCUT2D eigenvalue weighted by atomic mass is 10.1. The fourth-order valence-corrected chi connectivity index (χ4v) is 2.07. The van der Waals surface area contributed by atoms with Crippen LogP contribution < -0.4 is 10.1 Å². The van der Waals surface area contributed by atoms with Gasteiger partial charge < -0.3 is 10.1 Å². The lowest BCUT2D eigenvalue weighted by Gasteiger charge is -2.20. The minimum Gasteiger partial charge on any atom is -0.486 e. The highest BCUT2D eigenvalue weighted by molar-refractivity contribution is 9.10. The Morgan fingerprint density at radius 3 is 2.56 bits per heavy atom. The van der Waals surface area contributed by atoms with Gasteiger partial charge in [0.05, 0.1) is 0 Å². The van der Waals surface area contributed by atoms with Crippen LogP contribution in [0, 0.1) is 5.82 Å². The van der Waals surface area contributed by atoms with Crippen LogP contribution in [-0.2, 0) is 0 Å². The molecule has 0 radical (unpaired) electrons. The second-order valence-corrected chi connectivity index (χ2v) is 5.34. The van der Waals surface area contributed by atoms with Crippen LogP contribution in [0.25, 0.3) is 0 Å². The lowest BCUT2D eigenvalue weighted by molar-refractivity contribution is 0.201. The third kappa shape index (κ3) is 4.94. The summed E-state index contributed by atoms with van der Waals surface area (Å²) in [5, 5.41) is 3.41. The number of nitrogens with one attached hydrogen (secondary N) is 1. The van der Waals surface area contributed by atoms with Gasteiger partial charge in [0, 0.05) is 17.1 Å². The molecular formula is C14H21BrFNO. The summed E-state index contributed by atoms with van der Waals surface area (Å²) >= 11 is 3.22. The summed E-state index contributed by atoms with van der Waals surface area (Å²) < 4.78 is 19.9. The molecule has 0 aliphatic rings. The van der Waals surface area contributed by atoms with E-state index in [9.17, 15) is 4.39 Å². The number of rotatable bonds is 7. The van der Waals surface area contributed by atoms with Gasteiger partial charge in [-0.05, 0) is 38.0 Å². The topological polar surface area (TPSA) is 21.3 Å². The highest BCUT2D eigenvalue weighted by Crippen LogP contribution is 2.22. The Morgan fingerprint density at radius 1 is 1.33 bits per heavy atom. The molecule has 1 unspecified atom stereocenters. The van der Waals surface area contributed by atoms with Crippen LogP contribution in [0.15, 0.2) is 22.7 Å². The predicted molar refractivity (Wildman–Crippen MR) is 76.6 cm³/mol. The van der Waals surface area contributed by atoms with Crippen molar-refractivity contribution in [3.05, 3.63) is 28.5 Å². The summed E-state index contributed by atoms with van der Waals surface area (Å²) in [6.07, 6.45) is 2.13. The first-order valence-corrected chi connectivity index (χ1v) is 7.21. The van der Waals surface area contributed by atoms with Crippen LogP contribution in [0.3, 0.4) is 0 Å². The van der Waals surface area contributed by atoms with E-state index in [1.807, 2.05) is 6.92 Å². The number of benzene rings is 1. The SMILES string of the molecule is CCC(CC)NCC(C)Oc1ccc(Br)cc1F. The molecule has 0 fully saturated rings. The van der Waals surface area contributed by atoms with E-state index < -0.39 is 0 Å². The average Bonchev–Trinajstić information content (AvgIpc) is 2.34. The van der Waals surface area contributed by atoms with Gasteiger partial charge in [-0.3, -0.25) is 0 Å². The third-order valence-electron chi connectivity index (χ3n) is 2.90. The molecule has 0 aliphatic carbocycles. The zero-order valence-electron chi connectivity index (χ0n) is 11.2. The molecule has 0 saturated heterocycles. The van der Waals surface area contributed by atoms with Crippen LogP contribution >= 0.6 is 15.9 Å². The van der Waals surface area contributed by atoms with Crippen molar-refractivity contribution in [2.75, 3.05) is 6.54 Å². The van der Waals surface area contributed by atoms with Gasteiger partial charge in [0.2, 0.25) is 0 Å². The van der Waals surface area contributed by atoms with E-state index >= 15 is 0 Å². The minimum absolute atomic E-state index is 0.0544. The molecule has 1 aromatic rings. The van der Waals surface area contributed by atoms with Crippen molar-refractivity contribution < 1.29 is 9.13 Å². The van der Waals surface area contributed by atoms with Crippen molar-refractivity contribution in [3.8, 4) is 5.75 Å². The summed E-state index contributed by atoms with van der Waals surface area (Å²) in [6, 6.07) is 5.34. The van der Waals surface area contributed by atoms with Gasteiger partial charge in [0.15, 0.2) is 11.6 Å². The van der Waals surface area contributed by atoms with Crippen LogP contribution in [0.4, 0.5) is 4.39 Å². The molecule has 4 heteroatoms. The second kappa shape index (κ2) is 7.74. The Kier molecular flexibility index (Phi) is 6.65. The Balaban J connectivity index is 2.46. The molecule has 102 valence electrons. The van der Waals surface area contributed by atoms with Crippen molar-refractivity contribution in [3.63, 3.8) is 0 Å². The molecule has 1 atom stereocenters. The van der Waals surface area contributed by atoms with Crippen LogP contribution in [0.5, 0.6) is 5.75 Å². The molecule has 0 amide bonds. The van der Waals surface area contributed by atoms with Gasteiger partial charge in [-0.1, -0.05) is 29.8 Å². The van der Waals surface area contributed by atoms with E-state index in [0.717, 1.165) is 23.9 Å². The summed E-state index contributed by atoms with van der Waals surface area (Å²) in [7, 11) is 0. The van der Waals surface area contributed by atoms with Gasteiger partial charge in [-0.15, -0.1) is 0 Å². The molecule has 0 saturated carbocycles. The Morgan fingerprint density at radius 2 is 2.00 bits per heavy atom. The first-order valence-electron chi connectivity index (χ1n) is 6.41. The zero-order chi connectivity index (χ0) is 13.5. The number of halogens is 2. The fourth-order valence-electron chi connectivity index (χ4n) is 1.74. The van der Waals surface area contributed by atoms with Crippen molar-refractivity contribution in [2.24, 2.45) is 0 Å². The number of hydrogen-bond donors (Lipinski definition) is 1. The molecule has 1 rings (SSSR count). The molecule has 0 aromatic heterocycles. The summed E-state index contributed by atoms with van der Waals surface area (Å²) in [5.41, 5.74) is 0. The molecule has 1 N–H and O–H groups in total. The largest absolute Gasteiger partial charge is 0.486 e. The minimum atomic E-state index is -0.334. The van der Waals surface area contributed by atoms with Crippen molar-refractivity contribution in [1.82, 2.24) is 5.32 Å². The number of ether oxygens (including phenoxy) is 1. The summed E-state index contributed by atoms with van der Waals surface area (Å²) in [6.45, 7) is 6.97. The van der Waals surface area contributed by atoms with Crippen LogP contribution in [0.1, 0.15) is 33.6 Å². The van der Waals surface area contributed by atoms with Crippen LogP contribution in [-0.4, -0.2) is 18.7 Å². The number of hydrogen-bond acceptors (Lipinski definition) is 2. The maximum atomic E-state index is 13.6. The van der Waals surface area contributed by atoms with Gasteiger partial charge >= 0.3 is 0 Å². The van der Waals surface area contributed by atoms with Crippen LogP contribution in [0.2, 0.25) is 0 Å². The summed E-state index contributed by atoms with van der Waals surface area (Å²) in [4.78, 5) is 0. The van der Waals surface area contributed by atoms with Crippen molar-refractivity contribution in [1.29, 1.82) is 0 Å². The second-order valence-electron chi connectivity index (χ2n) is 4.42. The van der Waals surface area contributed by atoms with Crippen molar-refractivity contribution >= 4 is 15.9 Å². The predicted octanol–water partition coefficient (Wildman–Crippen LogP) is 4.13. The average molecular weight is 318 g/mol. The van der Waals surface area contributed by atoms with E-state index in [-0.39, 0.29) is 11.9 Å². The summed E-state index contributed by atoms with van der Waals surface area (Å²) in [5.74, 6) is -0.0317. The zero-order valence-corrected chi connectivity index (χ0v) is 12.8. The normalized spacial score (nSPS) is 12.8. The lowest BCUT2D eigenvalue weighted by Crippen LogP contribution is -2.36. The van der Waals surface area contributed by atoms with Crippen molar-refractivity contribution in [2.45, 2.75) is 45.8 Å². The quantitative estimate of drug-likeness (QED) is 0.816.